The van der Waals surface area contributed by atoms with Crippen molar-refractivity contribution in [1.29, 1.82) is 0 Å². The maximum absolute atomic E-state index is 12.0. The Labute approximate surface area is 140 Å². The van der Waals surface area contributed by atoms with E-state index in [0.717, 1.165) is 15.6 Å². The van der Waals surface area contributed by atoms with Crippen molar-refractivity contribution >= 4 is 38.5 Å². The number of nitrogens with one attached hydrogen (secondary N) is 1. The minimum Gasteiger partial charge on any atom is -0.300 e. The van der Waals surface area contributed by atoms with Gasteiger partial charge in [-0.3, -0.25) is 4.79 Å². The molecule has 0 spiro atoms. The Bertz CT molecular complexity index is 772. The molecular formula is C16H12BrN3OS. The van der Waals surface area contributed by atoms with E-state index in [1.54, 1.807) is 0 Å². The zero-order valence-electron chi connectivity index (χ0n) is 11.5. The van der Waals surface area contributed by atoms with Crippen LogP contribution in [-0.2, 0) is 11.2 Å². The summed E-state index contributed by atoms with van der Waals surface area (Å²) in [7, 11) is 0. The molecule has 6 heteroatoms. The van der Waals surface area contributed by atoms with E-state index >= 15 is 0 Å². The van der Waals surface area contributed by atoms with E-state index in [2.05, 4.69) is 30.6 Å². The average molecular weight is 374 g/mol. The highest BCUT2D eigenvalue weighted by molar-refractivity contribution is 9.10. The lowest BCUT2D eigenvalue weighted by atomic mass is 10.1. The molecular weight excluding hydrogens is 362 g/mol. The summed E-state index contributed by atoms with van der Waals surface area (Å²) in [6, 6.07) is 17.3. The number of rotatable bonds is 4. The van der Waals surface area contributed by atoms with E-state index in [4.69, 9.17) is 0 Å². The van der Waals surface area contributed by atoms with Gasteiger partial charge in [-0.05, 0) is 17.7 Å². The molecule has 0 fully saturated rings. The van der Waals surface area contributed by atoms with Gasteiger partial charge in [0.15, 0.2) is 5.82 Å². The molecule has 0 bridgehead atoms. The number of hydrogen-bond donors (Lipinski definition) is 1. The van der Waals surface area contributed by atoms with Crippen LogP contribution in [0.1, 0.15) is 5.56 Å². The topological polar surface area (TPSA) is 54.9 Å². The largest absolute Gasteiger partial charge is 0.300 e. The summed E-state index contributed by atoms with van der Waals surface area (Å²) in [6.07, 6.45) is 0.327. The van der Waals surface area contributed by atoms with Gasteiger partial charge in [-0.15, -0.1) is 0 Å². The first-order valence-electron chi connectivity index (χ1n) is 6.64. The highest BCUT2D eigenvalue weighted by Gasteiger charge is 2.10. The lowest BCUT2D eigenvalue weighted by Crippen LogP contribution is -2.14. The summed E-state index contributed by atoms with van der Waals surface area (Å²) in [5, 5.41) is 3.30. The highest BCUT2D eigenvalue weighted by Crippen LogP contribution is 2.22. The summed E-state index contributed by atoms with van der Waals surface area (Å²) in [4.78, 5) is 16.3. The van der Waals surface area contributed by atoms with Gasteiger partial charge in [0.25, 0.3) is 0 Å². The van der Waals surface area contributed by atoms with Gasteiger partial charge < -0.3 is 5.32 Å². The Hall–Kier alpha value is -2.05. The highest BCUT2D eigenvalue weighted by atomic mass is 79.9. The van der Waals surface area contributed by atoms with Crippen LogP contribution in [0.4, 0.5) is 5.13 Å². The van der Waals surface area contributed by atoms with Gasteiger partial charge in [0.1, 0.15) is 0 Å². The number of anilines is 1. The minimum absolute atomic E-state index is 0.0929. The van der Waals surface area contributed by atoms with Crippen molar-refractivity contribution in [1.82, 2.24) is 9.36 Å². The van der Waals surface area contributed by atoms with E-state index in [1.807, 2.05) is 54.6 Å². The Morgan fingerprint density at radius 3 is 2.55 bits per heavy atom. The Balaban J connectivity index is 1.66. The maximum atomic E-state index is 12.0. The zero-order chi connectivity index (χ0) is 15.4. The number of carbonyl (C=O) groups is 1. The van der Waals surface area contributed by atoms with Gasteiger partial charge in [0.05, 0.1) is 6.42 Å². The van der Waals surface area contributed by atoms with Crippen LogP contribution in [-0.4, -0.2) is 15.3 Å². The molecule has 22 heavy (non-hydrogen) atoms. The van der Waals surface area contributed by atoms with Gasteiger partial charge in [-0.1, -0.05) is 58.4 Å². The first-order chi connectivity index (χ1) is 10.7. The summed E-state index contributed by atoms with van der Waals surface area (Å²) >= 11 is 4.57. The number of halogens is 1. The van der Waals surface area contributed by atoms with Gasteiger partial charge in [0.2, 0.25) is 11.0 Å². The summed E-state index contributed by atoms with van der Waals surface area (Å²) < 4.78 is 5.28. The van der Waals surface area contributed by atoms with E-state index in [1.165, 1.54) is 11.5 Å². The molecule has 2 aromatic carbocycles. The van der Waals surface area contributed by atoms with Crippen LogP contribution in [0.25, 0.3) is 11.4 Å². The molecule has 0 saturated heterocycles. The molecule has 4 nitrogen and oxygen atoms in total. The van der Waals surface area contributed by atoms with E-state index < -0.39 is 0 Å². The smallest absolute Gasteiger partial charge is 0.230 e. The molecule has 0 radical (unpaired) electrons. The average Bonchev–Trinajstić information content (AvgIpc) is 2.97. The second-order valence-electron chi connectivity index (χ2n) is 4.64. The van der Waals surface area contributed by atoms with Crippen LogP contribution >= 0.6 is 27.5 Å². The maximum Gasteiger partial charge on any atom is 0.230 e. The molecule has 0 aliphatic carbocycles. The molecule has 3 rings (SSSR count). The minimum atomic E-state index is -0.0929. The van der Waals surface area contributed by atoms with Gasteiger partial charge in [-0.2, -0.15) is 9.36 Å². The second kappa shape index (κ2) is 6.81. The third kappa shape index (κ3) is 3.78. The molecule has 0 aliphatic rings. The first-order valence-corrected chi connectivity index (χ1v) is 8.21. The van der Waals surface area contributed by atoms with Gasteiger partial charge in [-0.25, -0.2) is 0 Å². The van der Waals surface area contributed by atoms with Crippen LogP contribution in [0, 0.1) is 0 Å². The number of nitrogens with zero attached hydrogens (tertiary/aromatic N) is 2. The molecule has 1 aromatic heterocycles. The third-order valence-electron chi connectivity index (χ3n) is 2.98. The zero-order valence-corrected chi connectivity index (χ0v) is 13.9. The molecule has 1 amide bonds. The summed E-state index contributed by atoms with van der Waals surface area (Å²) in [6.45, 7) is 0. The Kier molecular flexibility index (Phi) is 4.60. The Morgan fingerprint density at radius 1 is 1.09 bits per heavy atom. The van der Waals surface area contributed by atoms with Crippen molar-refractivity contribution < 1.29 is 4.79 Å². The Morgan fingerprint density at radius 2 is 1.82 bits per heavy atom. The fraction of sp³-hybridized carbons (Fsp3) is 0.0625. The third-order valence-corrected chi connectivity index (χ3v) is 4.14. The molecule has 0 unspecified atom stereocenters. The van der Waals surface area contributed by atoms with Crippen LogP contribution in [0.3, 0.4) is 0 Å². The second-order valence-corrected chi connectivity index (χ2v) is 6.31. The van der Waals surface area contributed by atoms with Gasteiger partial charge in [0, 0.05) is 21.6 Å². The van der Waals surface area contributed by atoms with Gasteiger partial charge >= 0.3 is 0 Å². The lowest BCUT2D eigenvalue weighted by molar-refractivity contribution is -0.115. The van der Waals surface area contributed by atoms with Crippen molar-refractivity contribution in [2.75, 3.05) is 5.32 Å². The molecule has 1 heterocycles. The monoisotopic (exact) mass is 373 g/mol. The quantitative estimate of drug-likeness (QED) is 0.747. The SMILES string of the molecule is O=C(Cc1ccccc1)Nc1nc(-c2ccc(Br)cc2)ns1. The van der Waals surface area contributed by atoms with Crippen LogP contribution in [0.2, 0.25) is 0 Å². The normalized spacial score (nSPS) is 10.4. The number of hydrogen-bond acceptors (Lipinski definition) is 4. The number of benzene rings is 2. The van der Waals surface area contributed by atoms with Crippen LogP contribution < -0.4 is 5.32 Å². The summed E-state index contributed by atoms with van der Waals surface area (Å²) in [5.74, 6) is 0.525. The van der Waals surface area contributed by atoms with Crippen LogP contribution in [0.5, 0.6) is 0 Å². The number of aromatic nitrogens is 2. The van der Waals surface area contributed by atoms with Crippen molar-refractivity contribution in [2.24, 2.45) is 0 Å². The fourth-order valence-corrected chi connectivity index (χ4v) is 2.81. The predicted molar refractivity (Wildman–Crippen MR) is 91.8 cm³/mol. The van der Waals surface area contributed by atoms with Crippen molar-refractivity contribution in [3.63, 3.8) is 0 Å². The fourth-order valence-electron chi connectivity index (χ4n) is 1.94. The molecule has 0 atom stereocenters. The summed E-state index contributed by atoms with van der Waals surface area (Å²) in [5.41, 5.74) is 1.89. The molecule has 3 aromatic rings. The number of amides is 1. The molecule has 110 valence electrons. The first kappa shape index (κ1) is 14.9. The predicted octanol–water partition coefficient (Wildman–Crippen LogP) is 4.15. The molecule has 1 N–H and O–H groups in total. The lowest BCUT2D eigenvalue weighted by Gasteiger charge is -2.01. The van der Waals surface area contributed by atoms with Crippen molar-refractivity contribution in [3.8, 4) is 11.4 Å². The van der Waals surface area contributed by atoms with Crippen LogP contribution in [0.15, 0.2) is 59.1 Å². The number of carbonyl (C=O) groups excluding carboxylic acids is 1. The van der Waals surface area contributed by atoms with Crippen molar-refractivity contribution in [2.45, 2.75) is 6.42 Å². The van der Waals surface area contributed by atoms with E-state index in [-0.39, 0.29) is 5.91 Å². The standard InChI is InChI=1S/C16H12BrN3OS/c17-13-8-6-12(7-9-13)15-19-16(22-20-15)18-14(21)10-11-4-2-1-3-5-11/h1-9H,10H2,(H,18,19,20,21). The van der Waals surface area contributed by atoms with Crippen molar-refractivity contribution in [3.05, 3.63) is 64.6 Å². The van der Waals surface area contributed by atoms with E-state index in [9.17, 15) is 4.79 Å². The molecule has 0 aliphatic heterocycles. The molecule has 0 saturated carbocycles. The van der Waals surface area contributed by atoms with E-state index in [0.29, 0.717) is 17.4 Å².